The van der Waals surface area contributed by atoms with E-state index in [4.69, 9.17) is 4.74 Å². The van der Waals surface area contributed by atoms with Crippen LogP contribution in [0, 0.1) is 0 Å². The number of nitrogens with zero attached hydrogens (tertiary/aromatic N) is 1. The maximum Gasteiger partial charge on any atom is 0.0749 e. The van der Waals surface area contributed by atoms with Gasteiger partial charge >= 0.3 is 0 Å². The molecule has 114 valence electrons. The molecule has 2 aromatic rings. The summed E-state index contributed by atoms with van der Waals surface area (Å²) in [5.74, 6) is 0. The number of benzene rings is 1. The summed E-state index contributed by atoms with van der Waals surface area (Å²) in [6, 6.07) is 10.8. The van der Waals surface area contributed by atoms with Crippen LogP contribution in [0.15, 0.2) is 36.5 Å². The minimum atomic E-state index is -0.0916. The SMILES string of the molecule is CCNC(CCC(C)(C)OC)c1cccc2cccnc12. The Morgan fingerprint density at radius 2 is 2.00 bits per heavy atom. The second-order valence-corrected chi connectivity index (χ2v) is 6.04. The van der Waals surface area contributed by atoms with Gasteiger partial charge in [0.25, 0.3) is 0 Å². The zero-order valence-corrected chi connectivity index (χ0v) is 13.5. The lowest BCUT2D eigenvalue weighted by atomic mass is 9.93. The van der Waals surface area contributed by atoms with Gasteiger partial charge < -0.3 is 10.1 Å². The third-order valence-electron chi connectivity index (χ3n) is 4.08. The molecule has 0 aliphatic heterocycles. The van der Waals surface area contributed by atoms with Crippen molar-refractivity contribution in [3.8, 4) is 0 Å². The van der Waals surface area contributed by atoms with Crippen LogP contribution in [0.4, 0.5) is 0 Å². The molecular formula is C18H26N2O. The van der Waals surface area contributed by atoms with Crippen molar-refractivity contribution in [3.63, 3.8) is 0 Å². The van der Waals surface area contributed by atoms with Gasteiger partial charge in [0, 0.05) is 24.7 Å². The number of para-hydroxylation sites is 1. The smallest absolute Gasteiger partial charge is 0.0749 e. The molecule has 21 heavy (non-hydrogen) atoms. The number of nitrogens with one attached hydrogen (secondary N) is 1. The molecule has 0 aliphatic rings. The molecule has 1 aromatic heterocycles. The van der Waals surface area contributed by atoms with Crippen LogP contribution >= 0.6 is 0 Å². The van der Waals surface area contributed by atoms with Crippen molar-refractivity contribution in [2.45, 2.75) is 45.3 Å². The number of pyridine rings is 1. The topological polar surface area (TPSA) is 34.1 Å². The van der Waals surface area contributed by atoms with E-state index < -0.39 is 0 Å². The van der Waals surface area contributed by atoms with Crippen molar-refractivity contribution in [2.75, 3.05) is 13.7 Å². The number of hydrogen-bond donors (Lipinski definition) is 1. The number of hydrogen-bond acceptors (Lipinski definition) is 3. The second-order valence-electron chi connectivity index (χ2n) is 6.04. The summed E-state index contributed by atoms with van der Waals surface area (Å²) in [7, 11) is 1.78. The average Bonchev–Trinajstić information content (AvgIpc) is 2.51. The van der Waals surface area contributed by atoms with Crippen LogP contribution in [0.5, 0.6) is 0 Å². The average molecular weight is 286 g/mol. The summed E-state index contributed by atoms with van der Waals surface area (Å²) in [6.07, 6.45) is 3.91. The van der Waals surface area contributed by atoms with Gasteiger partial charge in [0.15, 0.2) is 0 Å². The van der Waals surface area contributed by atoms with E-state index in [9.17, 15) is 0 Å². The summed E-state index contributed by atoms with van der Waals surface area (Å²) in [6.45, 7) is 7.36. The zero-order chi connectivity index (χ0) is 15.3. The number of ether oxygens (including phenoxy) is 1. The van der Waals surface area contributed by atoms with Crippen molar-refractivity contribution < 1.29 is 4.74 Å². The fraction of sp³-hybridized carbons (Fsp3) is 0.500. The largest absolute Gasteiger partial charge is 0.379 e. The van der Waals surface area contributed by atoms with Crippen molar-refractivity contribution >= 4 is 10.9 Å². The van der Waals surface area contributed by atoms with Crippen molar-refractivity contribution in [3.05, 3.63) is 42.1 Å². The maximum atomic E-state index is 5.55. The summed E-state index contributed by atoms with van der Waals surface area (Å²) in [5.41, 5.74) is 2.29. The molecule has 0 aliphatic carbocycles. The molecule has 1 aromatic carbocycles. The molecule has 0 bridgehead atoms. The molecule has 0 saturated heterocycles. The minimum absolute atomic E-state index is 0.0916. The van der Waals surface area contributed by atoms with Crippen molar-refractivity contribution in [1.82, 2.24) is 10.3 Å². The fourth-order valence-electron chi connectivity index (χ4n) is 2.62. The molecule has 1 N–H and O–H groups in total. The van der Waals surface area contributed by atoms with Gasteiger partial charge in [-0.3, -0.25) is 4.98 Å². The summed E-state index contributed by atoms with van der Waals surface area (Å²) < 4.78 is 5.55. The highest BCUT2D eigenvalue weighted by molar-refractivity contribution is 5.81. The standard InChI is InChI=1S/C18H26N2O/c1-5-19-16(11-12-18(2,3)21-4)15-10-6-8-14-9-7-13-20-17(14)15/h6-10,13,16,19H,5,11-12H2,1-4H3. The highest BCUT2D eigenvalue weighted by Gasteiger charge is 2.21. The molecule has 0 amide bonds. The Morgan fingerprint density at radius 3 is 2.71 bits per heavy atom. The van der Waals surface area contributed by atoms with Crippen LogP contribution < -0.4 is 5.32 Å². The lowest BCUT2D eigenvalue weighted by Crippen LogP contribution is -2.27. The number of fused-ring (bicyclic) bond motifs is 1. The second kappa shape index (κ2) is 7.01. The number of methoxy groups -OCH3 is 1. The van der Waals surface area contributed by atoms with Crippen LogP contribution in [-0.2, 0) is 4.74 Å². The molecule has 2 rings (SSSR count). The highest BCUT2D eigenvalue weighted by Crippen LogP contribution is 2.28. The molecule has 0 radical (unpaired) electrons. The van der Waals surface area contributed by atoms with Crippen molar-refractivity contribution in [2.24, 2.45) is 0 Å². The molecule has 3 nitrogen and oxygen atoms in total. The number of aromatic nitrogens is 1. The van der Waals surface area contributed by atoms with Crippen LogP contribution in [-0.4, -0.2) is 24.2 Å². The van der Waals surface area contributed by atoms with E-state index >= 15 is 0 Å². The summed E-state index contributed by atoms with van der Waals surface area (Å²) >= 11 is 0. The lowest BCUT2D eigenvalue weighted by Gasteiger charge is -2.27. The highest BCUT2D eigenvalue weighted by atomic mass is 16.5. The van der Waals surface area contributed by atoms with Gasteiger partial charge in [0.2, 0.25) is 0 Å². The van der Waals surface area contributed by atoms with Gasteiger partial charge in [0.05, 0.1) is 11.1 Å². The third kappa shape index (κ3) is 4.02. The summed E-state index contributed by atoms with van der Waals surface area (Å²) in [4.78, 5) is 4.58. The Balaban J connectivity index is 2.28. The third-order valence-corrected chi connectivity index (χ3v) is 4.08. The van der Waals surface area contributed by atoms with E-state index in [0.717, 1.165) is 24.9 Å². The Bertz CT molecular complexity index is 575. The van der Waals surface area contributed by atoms with E-state index in [2.05, 4.69) is 55.3 Å². The van der Waals surface area contributed by atoms with Crippen molar-refractivity contribution in [1.29, 1.82) is 0 Å². The molecule has 3 heteroatoms. The monoisotopic (exact) mass is 286 g/mol. The van der Waals surface area contributed by atoms with Crippen LogP contribution in [0.25, 0.3) is 10.9 Å². The molecule has 1 atom stereocenters. The van der Waals surface area contributed by atoms with Gasteiger partial charge in [-0.15, -0.1) is 0 Å². The van der Waals surface area contributed by atoms with Gasteiger partial charge in [-0.1, -0.05) is 31.2 Å². The maximum absolute atomic E-state index is 5.55. The van der Waals surface area contributed by atoms with E-state index in [1.54, 1.807) is 7.11 Å². The molecule has 0 spiro atoms. The first-order chi connectivity index (χ1) is 10.1. The molecule has 1 unspecified atom stereocenters. The van der Waals surface area contributed by atoms with Gasteiger partial charge in [-0.25, -0.2) is 0 Å². The quantitative estimate of drug-likeness (QED) is 0.832. The Kier molecular flexibility index (Phi) is 5.32. The Morgan fingerprint density at radius 1 is 1.24 bits per heavy atom. The van der Waals surface area contributed by atoms with Crippen LogP contribution in [0.1, 0.15) is 45.2 Å². The van der Waals surface area contributed by atoms with Gasteiger partial charge in [0.1, 0.15) is 0 Å². The lowest BCUT2D eigenvalue weighted by molar-refractivity contribution is 0.0117. The first kappa shape index (κ1) is 15.9. The minimum Gasteiger partial charge on any atom is -0.379 e. The van der Waals surface area contributed by atoms with Gasteiger partial charge in [-0.2, -0.15) is 0 Å². The number of rotatable bonds is 7. The van der Waals surface area contributed by atoms with Crippen LogP contribution in [0.2, 0.25) is 0 Å². The van der Waals surface area contributed by atoms with Gasteiger partial charge in [-0.05, 0) is 44.9 Å². The first-order valence-electron chi connectivity index (χ1n) is 7.69. The van der Waals surface area contributed by atoms with E-state index in [1.807, 2.05) is 12.3 Å². The molecule has 0 fully saturated rings. The van der Waals surface area contributed by atoms with E-state index in [-0.39, 0.29) is 5.60 Å². The van der Waals surface area contributed by atoms with E-state index in [1.165, 1.54) is 10.9 Å². The van der Waals surface area contributed by atoms with Crippen LogP contribution in [0.3, 0.4) is 0 Å². The predicted molar refractivity (Wildman–Crippen MR) is 88.5 cm³/mol. The first-order valence-corrected chi connectivity index (χ1v) is 7.69. The molecule has 1 heterocycles. The predicted octanol–water partition coefficient (Wildman–Crippen LogP) is 4.09. The fourth-order valence-corrected chi connectivity index (χ4v) is 2.62. The zero-order valence-electron chi connectivity index (χ0n) is 13.5. The normalized spacial score (nSPS) is 13.5. The summed E-state index contributed by atoms with van der Waals surface area (Å²) in [5, 5.41) is 4.79. The molecule has 0 saturated carbocycles. The molecular weight excluding hydrogens is 260 g/mol. The Labute approximate surface area is 127 Å². The Hall–Kier alpha value is -1.45. The van der Waals surface area contributed by atoms with E-state index in [0.29, 0.717) is 6.04 Å².